The molecule has 1 aromatic carbocycles. The van der Waals surface area contributed by atoms with Gasteiger partial charge in [-0.3, -0.25) is 4.68 Å². The molecule has 0 spiro atoms. The quantitative estimate of drug-likeness (QED) is 0.275. The molecule has 1 saturated heterocycles. The van der Waals surface area contributed by atoms with Gasteiger partial charge in [-0.15, -0.1) is 0 Å². The Morgan fingerprint density at radius 2 is 1.72 bits per heavy atom. The molecule has 1 atom stereocenters. The average Bonchev–Trinajstić information content (AvgIpc) is 3.48. The number of likely N-dealkylation sites (N-methyl/N-ethyl adjacent to an activating group) is 1. The van der Waals surface area contributed by atoms with Gasteiger partial charge in [0.2, 0.25) is 0 Å². The van der Waals surface area contributed by atoms with Crippen LogP contribution in [0.25, 0.3) is 11.1 Å². The summed E-state index contributed by atoms with van der Waals surface area (Å²) in [7, 11) is 3.83. The lowest BCUT2D eigenvalue weighted by Gasteiger charge is -2.28. The summed E-state index contributed by atoms with van der Waals surface area (Å²) in [6, 6.07) is 2.93. The molecule has 262 valence electrons. The first kappa shape index (κ1) is 41.6. The van der Waals surface area contributed by atoms with E-state index in [4.69, 9.17) is 10.1 Å². The summed E-state index contributed by atoms with van der Waals surface area (Å²) in [5.74, 6) is 1.38. The van der Waals surface area contributed by atoms with Gasteiger partial charge in [-0.25, -0.2) is 0 Å². The number of halogens is 3. The molecule has 8 heteroatoms. The SMILES string of the molecule is CC.CCC(C)C(=N)C1=C(C)CCN(C)C1.CCCC1CCOCC1.CCCCc1cc(-c2cnn(C)c2)c(C(F)(F)F)cc1C. The summed E-state index contributed by atoms with van der Waals surface area (Å²) in [6.07, 6.45) is 9.06. The second-order valence-corrected chi connectivity index (χ2v) is 12.6. The third-order valence-corrected chi connectivity index (χ3v) is 8.88. The van der Waals surface area contributed by atoms with Gasteiger partial charge in [0.1, 0.15) is 0 Å². The maximum absolute atomic E-state index is 13.3. The van der Waals surface area contributed by atoms with E-state index in [1.54, 1.807) is 26.2 Å². The van der Waals surface area contributed by atoms with Crippen LogP contribution in [0.5, 0.6) is 0 Å². The third kappa shape index (κ3) is 13.7. The topological polar surface area (TPSA) is 54.1 Å². The molecule has 0 amide bonds. The van der Waals surface area contributed by atoms with E-state index < -0.39 is 11.7 Å². The molecule has 4 rings (SSSR count). The van der Waals surface area contributed by atoms with Crippen molar-refractivity contribution < 1.29 is 17.9 Å². The van der Waals surface area contributed by atoms with Gasteiger partial charge in [0.25, 0.3) is 0 Å². The number of nitrogens with zero attached hydrogens (tertiary/aromatic N) is 3. The van der Waals surface area contributed by atoms with E-state index in [-0.39, 0.29) is 5.56 Å². The number of benzene rings is 1. The number of aryl methyl sites for hydroxylation is 3. The molecule has 46 heavy (non-hydrogen) atoms. The van der Waals surface area contributed by atoms with Crippen molar-refractivity contribution >= 4 is 5.71 Å². The van der Waals surface area contributed by atoms with Crippen LogP contribution in [0.1, 0.15) is 117 Å². The lowest BCUT2D eigenvalue weighted by atomic mass is 9.90. The van der Waals surface area contributed by atoms with Gasteiger partial charge in [0.15, 0.2) is 0 Å². The van der Waals surface area contributed by atoms with Crippen LogP contribution in [0.3, 0.4) is 0 Å². The second kappa shape index (κ2) is 21.4. The number of ether oxygens (including phenoxy) is 1. The van der Waals surface area contributed by atoms with Crippen LogP contribution in [0.15, 0.2) is 35.7 Å². The number of unbranched alkanes of at least 4 members (excludes halogenated alkanes) is 1. The molecule has 1 fully saturated rings. The highest BCUT2D eigenvalue weighted by Crippen LogP contribution is 2.39. The number of alkyl halides is 3. The monoisotopic (exact) mass is 648 g/mol. The van der Waals surface area contributed by atoms with E-state index >= 15 is 0 Å². The number of hydrogen-bond donors (Lipinski definition) is 1. The summed E-state index contributed by atoms with van der Waals surface area (Å²) in [4.78, 5) is 2.30. The van der Waals surface area contributed by atoms with Crippen molar-refractivity contribution in [1.29, 1.82) is 5.41 Å². The van der Waals surface area contributed by atoms with Crippen molar-refractivity contribution in [1.82, 2.24) is 14.7 Å². The maximum Gasteiger partial charge on any atom is 0.417 e. The first-order valence-corrected chi connectivity index (χ1v) is 17.6. The van der Waals surface area contributed by atoms with Gasteiger partial charge < -0.3 is 15.0 Å². The van der Waals surface area contributed by atoms with E-state index in [0.717, 1.165) is 75.6 Å². The first-order chi connectivity index (χ1) is 21.8. The zero-order valence-corrected chi connectivity index (χ0v) is 30.5. The van der Waals surface area contributed by atoms with E-state index in [9.17, 15) is 13.2 Å². The van der Waals surface area contributed by atoms with Crippen LogP contribution >= 0.6 is 0 Å². The fraction of sp³-hybridized carbons (Fsp3) is 0.684. The Morgan fingerprint density at radius 1 is 1.07 bits per heavy atom. The standard InChI is InChI=1S/C16H19F3N2.C12H22N2.C8H16O.C2H6/c1-4-5-6-12-8-14(13-9-20-21(3)10-13)15(7-11(12)2)16(17,18)19;1-5-9(2)12(13)11-8-14(4)7-6-10(11)3;1-2-3-8-4-6-9-7-5-8;1-2/h7-10H,4-6H2,1-3H3;9,13H,5-8H2,1-4H3;8H,2-7H2,1H3;1-2H3. The summed E-state index contributed by atoms with van der Waals surface area (Å²) in [5.41, 5.74) is 5.37. The van der Waals surface area contributed by atoms with Gasteiger partial charge in [-0.2, -0.15) is 18.3 Å². The van der Waals surface area contributed by atoms with Gasteiger partial charge in [-0.1, -0.05) is 72.4 Å². The highest BCUT2D eigenvalue weighted by molar-refractivity contribution is 6.00. The number of nitrogens with one attached hydrogen (secondary N) is 1. The smallest absolute Gasteiger partial charge is 0.381 e. The minimum absolute atomic E-state index is 0.215. The van der Waals surface area contributed by atoms with Gasteiger partial charge in [-0.05, 0) is 99.6 Å². The molecule has 2 aromatic rings. The van der Waals surface area contributed by atoms with Crippen LogP contribution in [0.2, 0.25) is 0 Å². The van der Waals surface area contributed by atoms with Gasteiger partial charge in [0.05, 0.1) is 11.8 Å². The Balaban J connectivity index is 0.000000364. The maximum atomic E-state index is 13.3. The summed E-state index contributed by atoms with van der Waals surface area (Å²) in [6.45, 7) is 20.7. The molecule has 0 saturated carbocycles. The molecule has 1 aromatic heterocycles. The molecule has 2 aliphatic rings. The minimum Gasteiger partial charge on any atom is -0.381 e. The second-order valence-electron chi connectivity index (χ2n) is 12.6. The summed E-state index contributed by atoms with van der Waals surface area (Å²) < 4.78 is 46.6. The molecule has 1 unspecified atom stereocenters. The minimum atomic E-state index is -4.36. The summed E-state index contributed by atoms with van der Waals surface area (Å²) in [5, 5.41) is 12.1. The molecular weight excluding hydrogens is 585 g/mol. The Labute approximate surface area is 278 Å². The Morgan fingerprint density at radius 3 is 2.24 bits per heavy atom. The zero-order chi connectivity index (χ0) is 34.9. The van der Waals surface area contributed by atoms with Crippen molar-refractivity contribution in [2.24, 2.45) is 18.9 Å². The van der Waals surface area contributed by atoms with Gasteiger partial charge >= 0.3 is 6.18 Å². The zero-order valence-electron chi connectivity index (χ0n) is 30.5. The van der Waals surface area contributed by atoms with Crippen LogP contribution in [0.4, 0.5) is 13.2 Å². The van der Waals surface area contributed by atoms with Crippen molar-refractivity contribution in [3.05, 3.63) is 52.4 Å². The van der Waals surface area contributed by atoms with Gasteiger partial charge in [0, 0.05) is 50.8 Å². The van der Waals surface area contributed by atoms with E-state index in [1.165, 1.54) is 53.8 Å². The number of aromatic nitrogens is 2. The Hall–Kier alpha value is -2.45. The third-order valence-electron chi connectivity index (χ3n) is 8.88. The van der Waals surface area contributed by atoms with E-state index in [2.05, 4.69) is 51.7 Å². The highest BCUT2D eigenvalue weighted by atomic mass is 19.4. The van der Waals surface area contributed by atoms with Crippen LogP contribution < -0.4 is 0 Å². The normalized spacial score (nSPS) is 16.4. The largest absolute Gasteiger partial charge is 0.417 e. The average molecular weight is 649 g/mol. The number of hydrogen-bond acceptors (Lipinski definition) is 4. The Kier molecular flexibility index (Phi) is 19.4. The first-order valence-electron chi connectivity index (χ1n) is 17.6. The van der Waals surface area contributed by atoms with Crippen LogP contribution in [-0.4, -0.2) is 53.7 Å². The highest BCUT2D eigenvalue weighted by Gasteiger charge is 2.34. The Bertz CT molecular complexity index is 1190. The lowest BCUT2D eigenvalue weighted by molar-refractivity contribution is -0.137. The van der Waals surface area contributed by atoms with Crippen molar-refractivity contribution in [3.8, 4) is 11.1 Å². The molecule has 3 heterocycles. The molecule has 2 aliphatic heterocycles. The molecule has 0 bridgehead atoms. The predicted molar refractivity (Wildman–Crippen MR) is 189 cm³/mol. The van der Waals surface area contributed by atoms with Crippen molar-refractivity contribution in [3.63, 3.8) is 0 Å². The van der Waals surface area contributed by atoms with Crippen molar-refractivity contribution in [2.75, 3.05) is 33.4 Å². The molecule has 0 radical (unpaired) electrons. The van der Waals surface area contributed by atoms with Crippen LogP contribution in [0, 0.1) is 24.2 Å². The van der Waals surface area contributed by atoms with E-state index in [1.807, 2.05) is 13.8 Å². The fourth-order valence-electron chi connectivity index (χ4n) is 5.68. The summed E-state index contributed by atoms with van der Waals surface area (Å²) >= 11 is 0. The molecule has 0 aliphatic carbocycles. The predicted octanol–water partition coefficient (Wildman–Crippen LogP) is 10.7. The van der Waals surface area contributed by atoms with Crippen LogP contribution in [-0.2, 0) is 24.4 Å². The molecule has 1 N–H and O–H groups in total. The molecule has 5 nitrogen and oxygen atoms in total. The fourth-order valence-corrected chi connectivity index (χ4v) is 5.68. The lowest BCUT2D eigenvalue weighted by Crippen LogP contribution is -2.31. The van der Waals surface area contributed by atoms with E-state index in [0.29, 0.717) is 17.0 Å². The number of rotatable bonds is 9. The molecular formula is C38H63F3N4O. The van der Waals surface area contributed by atoms with Crippen molar-refractivity contribution in [2.45, 2.75) is 119 Å².